The first-order valence-corrected chi connectivity index (χ1v) is 11.8. The molecule has 0 radical (unpaired) electrons. The lowest BCUT2D eigenvalue weighted by atomic mass is 10.1. The monoisotopic (exact) mass is 450 g/mol. The summed E-state index contributed by atoms with van der Waals surface area (Å²) < 4.78 is 34.3. The molecule has 6 nitrogen and oxygen atoms in total. The molecule has 0 saturated heterocycles. The largest absolute Gasteiger partial charge is 0.476 e. The van der Waals surface area contributed by atoms with Crippen LogP contribution in [0.1, 0.15) is 22.3 Å². The van der Waals surface area contributed by atoms with E-state index in [0.29, 0.717) is 17.1 Å². The minimum Gasteiger partial charge on any atom is -0.476 e. The molecule has 0 saturated carbocycles. The van der Waals surface area contributed by atoms with E-state index >= 15 is 0 Å². The quantitative estimate of drug-likeness (QED) is 0.634. The van der Waals surface area contributed by atoms with E-state index in [1.165, 1.54) is 4.31 Å². The molecular weight excluding hydrogens is 424 g/mol. The summed E-state index contributed by atoms with van der Waals surface area (Å²) in [4.78, 5) is 13.3. The SMILES string of the molecule is Cc1ccc(S(=O)(=O)N2C[C@H](C(=O)Nc3cc(C)ccc3C)Oc3cc(C)ccc32)cc1. The highest BCUT2D eigenvalue weighted by Gasteiger charge is 2.37. The van der Waals surface area contributed by atoms with Gasteiger partial charge in [0.2, 0.25) is 0 Å². The molecule has 1 aliphatic rings. The van der Waals surface area contributed by atoms with Gasteiger partial charge in [0, 0.05) is 5.69 Å². The van der Waals surface area contributed by atoms with Crippen LogP contribution in [0.15, 0.2) is 65.6 Å². The molecule has 7 heteroatoms. The second-order valence-corrected chi connectivity index (χ2v) is 10.1. The number of nitrogens with one attached hydrogen (secondary N) is 1. The highest BCUT2D eigenvalue weighted by atomic mass is 32.2. The van der Waals surface area contributed by atoms with Crippen LogP contribution in [0, 0.1) is 27.7 Å². The van der Waals surface area contributed by atoms with Crippen molar-refractivity contribution in [2.75, 3.05) is 16.2 Å². The van der Waals surface area contributed by atoms with Gasteiger partial charge in [0.15, 0.2) is 6.10 Å². The van der Waals surface area contributed by atoms with E-state index < -0.39 is 22.0 Å². The fourth-order valence-electron chi connectivity index (χ4n) is 3.65. The maximum Gasteiger partial charge on any atom is 0.267 e. The van der Waals surface area contributed by atoms with Crippen molar-refractivity contribution >= 4 is 27.3 Å². The molecule has 1 aliphatic heterocycles. The number of sulfonamides is 1. The van der Waals surface area contributed by atoms with Crippen LogP contribution in [-0.4, -0.2) is 27.0 Å². The van der Waals surface area contributed by atoms with Crippen molar-refractivity contribution in [3.8, 4) is 5.75 Å². The van der Waals surface area contributed by atoms with Crippen molar-refractivity contribution in [1.29, 1.82) is 0 Å². The number of ether oxygens (including phenoxy) is 1. The molecule has 1 N–H and O–H groups in total. The molecule has 1 heterocycles. The van der Waals surface area contributed by atoms with Crippen LogP contribution >= 0.6 is 0 Å². The van der Waals surface area contributed by atoms with Crippen LogP contribution in [0.5, 0.6) is 5.75 Å². The van der Waals surface area contributed by atoms with E-state index in [-0.39, 0.29) is 11.4 Å². The molecule has 4 rings (SSSR count). The second kappa shape index (κ2) is 8.31. The zero-order valence-corrected chi connectivity index (χ0v) is 19.4. The third kappa shape index (κ3) is 4.21. The highest BCUT2D eigenvalue weighted by Crippen LogP contribution is 2.38. The van der Waals surface area contributed by atoms with Crippen LogP contribution in [0.25, 0.3) is 0 Å². The molecule has 0 spiro atoms. The van der Waals surface area contributed by atoms with Gasteiger partial charge in [-0.2, -0.15) is 0 Å². The van der Waals surface area contributed by atoms with Gasteiger partial charge in [-0.15, -0.1) is 0 Å². The topological polar surface area (TPSA) is 75.7 Å². The van der Waals surface area contributed by atoms with E-state index in [2.05, 4.69) is 5.32 Å². The molecule has 0 aromatic heterocycles. The fraction of sp³-hybridized carbons (Fsp3) is 0.240. The van der Waals surface area contributed by atoms with E-state index in [1.807, 2.05) is 52.0 Å². The van der Waals surface area contributed by atoms with Crippen molar-refractivity contribution in [2.45, 2.75) is 38.7 Å². The lowest BCUT2D eigenvalue weighted by Crippen LogP contribution is -2.48. The normalized spacial score (nSPS) is 15.6. The van der Waals surface area contributed by atoms with Crippen molar-refractivity contribution in [3.63, 3.8) is 0 Å². The lowest BCUT2D eigenvalue weighted by molar-refractivity contribution is -0.122. The molecule has 32 heavy (non-hydrogen) atoms. The van der Waals surface area contributed by atoms with Crippen molar-refractivity contribution in [3.05, 3.63) is 82.9 Å². The number of carbonyl (C=O) groups is 1. The Bertz CT molecular complexity index is 1280. The van der Waals surface area contributed by atoms with E-state index in [1.54, 1.807) is 36.4 Å². The number of rotatable bonds is 4. The Hall–Kier alpha value is -3.32. The van der Waals surface area contributed by atoms with Gasteiger partial charge in [-0.05, 0) is 74.7 Å². The van der Waals surface area contributed by atoms with E-state index in [9.17, 15) is 13.2 Å². The summed E-state index contributed by atoms with van der Waals surface area (Å²) in [6.45, 7) is 7.52. The number of carbonyl (C=O) groups excluding carboxylic acids is 1. The first kappa shape index (κ1) is 21.9. The number of fused-ring (bicyclic) bond motifs is 1. The van der Waals surface area contributed by atoms with Gasteiger partial charge in [-0.25, -0.2) is 8.42 Å². The summed E-state index contributed by atoms with van der Waals surface area (Å²) in [5.41, 5.74) is 4.91. The summed E-state index contributed by atoms with van der Waals surface area (Å²) in [5.74, 6) is -0.0250. The molecule has 1 amide bonds. The van der Waals surface area contributed by atoms with Gasteiger partial charge in [0.25, 0.3) is 15.9 Å². The number of anilines is 2. The summed E-state index contributed by atoms with van der Waals surface area (Å²) in [5, 5.41) is 2.90. The molecule has 0 bridgehead atoms. The minimum absolute atomic E-state index is 0.122. The lowest BCUT2D eigenvalue weighted by Gasteiger charge is -2.35. The van der Waals surface area contributed by atoms with Crippen LogP contribution in [0.2, 0.25) is 0 Å². The minimum atomic E-state index is -3.89. The Morgan fingerprint density at radius 1 is 0.906 bits per heavy atom. The zero-order valence-electron chi connectivity index (χ0n) is 18.5. The maximum absolute atomic E-state index is 13.5. The van der Waals surface area contributed by atoms with Gasteiger partial charge in [0.05, 0.1) is 17.1 Å². The van der Waals surface area contributed by atoms with E-state index in [4.69, 9.17) is 4.74 Å². The summed E-state index contributed by atoms with van der Waals surface area (Å²) >= 11 is 0. The standard InChI is InChI=1S/C25H26N2O4S/c1-16-6-10-20(11-7-16)32(29,30)27-15-24(31-23-14-18(3)8-12-22(23)27)25(28)26-21-13-17(2)5-9-19(21)4/h5-14,24H,15H2,1-4H3,(H,26,28)/t24-/m1/s1. The number of benzene rings is 3. The molecule has 1 atom stereocenters. The fourth-order valence-corrected chi connectivity index (χ4v) is 5.12. The van der Waals surface area contributed by atoms with Crippen LogP contribution < -0.4 is 14.4 Å². The summed E-state index contributed by atoms with van der Waals surface area (Å²) in [6, 6.07) is 17.8. The van der Waals surface area contributed by atoms with Crippen molar-refractivity contribution in [2.24, 2.45) is 0 Å². The number of nitrogens with zero attached hydrogens (tertiary/aromatic N) is 1. The number of amides is 1. The maximum atomic E-state index is 13.5. The van der Waals surface area contributed by atoms with Crippen LogP contribution in [0.3, 0.4) is 0 Å². The number of aryl methyl sites for hydroxylation is 4. The summed E-state index contributed by atoms with van der Waals surface area (Å²) in [7, 11) is -3.89. The second-order valence-electron chi connectivity index (χ2n) is 8.23. The van der Waals surface area contributed by atoms with Crippen molar-refractivity contribution < 1.29 is 17.9 Å². The Morgan fingerprint density at radius 2 is 1.53 bits per heavy atom. The molecule has 166 valence electrons. The third-order valence-corrected chi connectivity index (χ3v) is 7.33. The van der Waals surface area contributed by atoms with Crippen LogP contribution in [-0.2, 0) is 14.8 Å². The number of hydrogen-bond donors (Lipinski definition) is 1. The highest BCUT2D eigenvalue weighted by molar-refractivity contribution is 7.92. The van der Waals surface area contributed by atoms with Gasteiger partial charge in [0.1, 0.15) is 5.75 Å². The molecule has 0 unspecified atom stereocenters. The van der Waals surface area contributed by atoms with Gasteiger partial charge < -0.3 is 10.1 Å². The van der Waals surface area contributed by atoms with Gasteiger partial charge in [-0.1, -0.05) is 35.9 Å². The zero-order chi connectivity index (χ0) is 23.0. The smallest absolute Gasteiger partial charge is 0.267 e. The Morgan fingerprint density at radius 3 is 2.25 bits per heavy atom. The predicted molar refractivity (Wildman–Crippen MR) is 126 cm³/mol. The third-order valence-electron chi connectivity index (χ3n) is 5.54. The average molecular weight is 451 g/mol. The summed E-state index contributed by atoms with van der Waals surface area (Å²) in [6.07, 6.45) is -0.996. The van der Waals surface area contributed by atoms with Crippen molar-refractivity contribution in [1.82, 2.24) is 0 Å². The van der Waals surface area contributed by atoms with Gasteiger partial charge >= 0.3 is 0 Å². The Labute approximate surface area is 188 Å². The molecule has 0 fully saturated rings. The molecule has 3 aromatic carbocycles. The average Bonchev–Trinajstić information content (AvgIpc) is 2.75. The Balaban J connectivity index is 1.70. The first-order chi connectivity index (χ1) is 15.1. The van der Waals surface area contributed by atoms with E-state index in [0.717, 1.165) is 22.3 Å². The van der Waals surface area contributed by atoms with Gasteiger partial charge in [-0.3, -0.25) is 9.10 Å². The Kier molecular flexibility index (Phi) is 5.69. The first-order valence-electron chi connectivity index (χ1n) is 10.4. The number of hydrogen-bond acceptors (Lipinski definition) is 4. The molecule has 0 aliphatic carbocycles. The van der Waals surface area contributed by atoms with Crippen LogP contribution in [0.4, 0.5) is 11.4 Å². The predicted octanol–water partition coefficient (Wildman–Crippen LogP) is 4.52. The molecule has 3 aromatic rings. The molecular formula is C25H26N2O4S.